The van der Waals surface area contributed by atoms with Gasteiger partial charge in [0, 0.05) is 31.2 Å². The van der Waals surface area contributed by atoms with Crippen molar-refractivity contribution < 1.29 is 14.7 Å². The smallest absolute Gasteiger partial charge is 0.328 e. The molecule has 0 radical (unpaired) electrons. The monoisotopic (exact) mass is 410 g/mol. The van der Waals surface area contributed by atoms with Gasteiger partial charge in [-0.05, 0) is 37.5 Å². The van der Waals surface area contributed by atoms with Crippen molar-refractivity contribution >= 4 is 17.8 Å². The lowest BCUT2D eigenvalue weighted by Crippen LogP contribution is -2.56. The molecule has 1 saturated carbocycles. The van der Waals surface area contributed by atoms with Gasteiger partial charge in [0.25, 0.3) is 0 Å². The standard InChI is InChI=1S/C21H26N6O3/c28-13-21(7-8-21)12-23-19(29)15-4-5-16-18(24-15)27(14-6-10-26(16)11-14)20(30)25-17-3-1-2-9-22-17/h1-5,9,14-15,24,28H,6-8,10-13H2,(H,23,29)(H,22,25,30)/t14-,15?/m0/s1. The number of aliphatic hydroxyl groups is 1. The SMILES string of the molecule is O=C(NCC1(CO)CC1)C1C=CC2=C(N1)N(C(=O)Nc1ccccn1)[C@H]1CCN2C1. The summed E-state index contributed by atoms with van der Waals surface area (Å²) in [6, 6.07) is 4.58. The highest BCUT2D eigenvalue weighted by Gasteiger charge is 2.44. The van der Waals surface area contributed by atoms with Crippen molar-refractivity contribution in [3.8, 4) is 0 Å². The summed E-state index contributed by atoms with van der Waals surface area (Å²) < 4.78 is 0. The van der Waals surface area contributed by atoms with Gasteiger partial charge in [0.05, 0.1) is 18.3 Å². The number of carbonyl (C=O) groups is 2. The molecule has 1 unspecified atom stereocenters. The molecule has 9 heteroatoms. The van der Waals surface area contributed by atoms with E-state index in [2.05, 4.69) is 25.8 Å². The van der Waals surface area contributed by atoms with Crippen LogP contribution in [0.15, 0.2) is 48.1 Å². The Morgan fingerprint density at radius 2 is 2.20 bits per heavy atom. The predicted molar refractivity (Wildman–Crippen MR) is 110 cm³/mol. The molecule has 4 N–H and O–H groups in total. The molecule has 9 nitrogen and oxygen atoms in total. The number of aliphatic hydroxyl groups excluding tert-OH is 1. The number of urea groups is 1. The number of aromatic nitrogens is 1. The number of nitrogens with zero attached hydrogens (tertiary/aromatic N) is 3. The van der Waals surface area contributed by atoms with Crippen molar-refractivity contribution in [3.63, 3.8) is 0 Å². The van der Waals surface area contributed by atoms with Gasteiger partial charge in [-0.3, -0.25) is 15.0 Å². The van der Waals surface area contributed by atoms with Crippen LogP contribution >= 0.6 is 0 Å². The molecule has 2 fully saturated rings. The van der Waals surface area contributed by atoms with E-state index in [-0.39, 0.29) is 30.0 Å². The van der Waals surface area contributed by atoms with Gasteiger partial charge < -0.3 is 20.6 Å². The molecule has 3 amide bonds. The Morgan fingerprint density at radius 1 is 1.33 bits per heavy atom. The molecule has 1 aliphatic carbocycles. The summed E-state index contributed by atoms with van der Waals surface area (Å²) in [4.78, 5) is 34.0. The van der Waals surface area contributed by atoms with Crippen LogP contribution in [0.4, 0.5) is 10.6 Å². The van der Waals surface area contributed by atoms with Crippen LogP contribution in [0.1, 0.15) is 19.3 Å². The lowest BCUT2D eigenvalue weighted by atomic mass is 10.1. The third-order valence-corrected chi connectivity index (χ3v) is 6.42. The number of hydrogen-bond donors (Lipinski definition) is 4. The maximum absolute atomic E-state index is 13.1. The maximum atomic E-state index is 13.1. The van der Waals surface area contributed by atoms with E-state index < -0.39 is 6.04 Å². The molecule has 158 valence electrons. The Kier molecular flexibility index (Phi) is 4.62. The molecule has 2 bridgehead atoms. The molecule has 30 heavy (non-hydrogen) atoms. The first-order chi connectivity index (χ1) is 14.6. The fourth-order valence-corrected chi connectivity index (χ4v) is 4.32. The number of rotatable bonds is 5. The fourth-order valence-electron chi connectivity index (χ4n) is 4.32. The molecule has 2 atom stereocenters. The highest BCUT2D eigenvalue weighted by Crippen LogP contribution is 2.44. The molecule has 1 aromatic rings. The van der Waals surface area contributed by atoms with E-state index in [9.17, 15) is 14.7 Å². The van der Waals surface area contributed by atoms with E-state index in [4.69, 9.17) is 0 Å². The molecule has 5 rings (SSSR count). The minimum atomic E-state index is -0.568. The number of fused-ring (bicyclic) bond motifs is 3. The third kappa shape index (κ3) is 3.39. The number of carbonyl (C=O) groups excluding carboxylic acids is 2. The second kappa shape index (κ2) is 7.32. The summed E-state index contributed by atoms with van der Waals surface area (Å²) in [5.41, 5.74) is 0.779. The maximum Gasteiger partial charge on any atom is 0.328 e. The van der Waals surface area contributed by atoms with Crippen molar-refractivity contribution in [1.29, 1.82) is 0 Å². The van der Waals surface area contributed by atoms with Gasteiger partial charge in [-0.2, -0.15) is 0 Å². The van der Waals surface area contributed by atoms with Gasteiger partial charge in [0.2, 0.25) is 5.91 Å². The van der Waals surface area contributed by atoms with Crippen LogP contribution in [0.5, 0.6) is 0 Å². The first kappa shape index (κ1) is 18.9. The van der Waals surface area contributed by atoms with Crippen molar-refractivity contribution in [2.75, 3.05) is 31.6 Å². The zero-order chi connectivity index (χ0) is 20.7. The van der Waals surface area contributed by atoms with Gasteiger partial charge in [-0.15, -0.1) is 0 Å². The van der Waals surface area contributed by atoms with Gasteiger partial charge >= 0.3 is 6.03 Å². The van der Waals surface area contributed by atoms with Crippen LogP contribution in [0.3, 0.4) is 0 Å². The van der Waals surface area contributed by atoms with Gasteiger partial charge in [-0.1, -0.05) is 12.1 Å². The van der Waals surface area contributed by atoms with E-state index in [0.29, 0.717) is 18.2 Å². The van der Waals surface area contributed by atoms with Crippen LogP contribution in [0.2, 0.25) is 0 Å². The van der Waals surface area contributed by atoms with Crippen molar-refractivity contribution in [3.05, 3.63) is 48.1 Å². The minimum absolute atomic E-state index is 0.0410. The molecule has 0 aromatic carbocycles. The molecule has 3 aliphatic heterocycles. The number of allylic oxidation sites excluding steroid dienone is 1. The summed E-state index contributed by atoms with van der Waals surface area (Å²) in [7, 11) is 0. The molecule has 1 saturated heterocycles. The number of dihydropyridines is 1. The summed E-state index contributed by atoms with van der Waals surface area (Å²) in [6.45, 7) is 2.21. The van der Waals surface area contributed by atoms with Crippen LogP contribution in [-0.2, 0) is 4.79 Å². The van der Waals surface area contributed by atoms with Gasteiger partial charge in [-0.25, -0.2) is 9.78 Å². The first-order valence-corrected chi connectivity index (χ1v) is 10.4. The Labute approximate surface area is 174 Å². The highest BCUT2D eigenvalue weighted by atomic mass is 16.3. The number of pyridine rings is 1. The van der Waals surface area contributed by atoms with E-state index in [1.165, 1.54) is 0 Å². The first-order valence-electron chi connectivity index (χ1n) is 10.4. The van der Waals surface area contributed by atoms with Crippen molar-refractivity contribution in [2.24, 2.45) is 5.41 Å². The molecule has 4 heterocycles. The summed E-state index contributed by atoms with van der Waals surface area (Å²) >= 11 is 0. The largest absolute Gasteiger partial charge is 0.396 e. The Morgan fingerprint density at radius 3 is 2.93 bits per heavy atom. The summed E-state index contributed by atoms with van der Waals surface area (Å²) in [5, 5.41) is 18.5. The lowest BCUT2D eigenvalue weighted by molar-refractivity contribution is -0.122. The average Bonchev–Trinajstić information content (AvgIpc) is 3.45. The highest BCUT2D eigenvalue weighted by molar-refractivity contribution is 5.91. The summed E-state index contributed by atoms with van der Waals surface area (Å²) in [5.74, 6) is 0.989. The molecule has 0 spiro atoms. The molecule has 1 aromatic heterocycles. The van der Waals surface area contributed by atoms with E-state index in [0.717, 1.165) is 38.0 Å². The topological polar surface area (TPSA) is 110 Å². The third-order valence-electron chi connectivity index (χ3n) is 6.42. The molecular formula is C21H26N6O3. The van der Waals surface area contributed by atoms with Crippen LogP contribution in [-0.4, -0.2) is 70.2 Å². The van der Waals surface area contributed by atoms with Crippen LogP contribution < -0.4 is 16.0 Å². The van der Waals surface area contributed by atoms with E-state index in [1.54, 1.807) is 23.2 Å². The Balaban J connectivity index is 1.32. The normalized spacial score (nSPS) is 25.5. The quantitative estimate of drug-likeness (QED) is 0.566. The van der Waals surface area contributed by atoms with Crippen molar-refractivity contribution in [2.45, 2.75) is 31.3 Å². The van der Waals surface area contributed by atoms with Gasteiger partial charge in [0.1, 0.15) is 17.7 Å². The number of amides is 3. The second-order valence-corrected chi connectivity index (χ2v) is 8.49. The summed E-state index contributed by atoms with van der Waals surface area (Å²) in [6.07, 6.45) is 8.14. The van der Waals surface area contributed by atoms with Crippen LogP contribution in [0.25, 0.3) is 0 Å². The second-order valence-electron chi connectivity index (χ2n) is 8.49. The van der Waals surface area contributed by atoms with Gasteiger partial charge in [0.15, 0.2) is 0 Å². The minimum Gasteiger partial charge on any atom is -0.396 e. The Hall–Kier alpha value is -3.07. The van der Waals surface area contributed by atoms with Crippen LogP contribution in [0, 0.1) is 5.41 Å². The Bertz CT molecular complexity index is 911. The zero-order valence-corrected chi connectivity index (χ0v) is 16.7. The molecule has 4 aliphatic rings. The lowest BCUT2D eigenvalue weighted by Gasteiger charge is -2.40. The number of anilines is 1. The average molecular weight is 410 g/mol. The number of nitrogens with one attached hydrogen (secondary N) is 3. The van der Waals surface area contributed by atoms with E-state index >= 15 is 0 Å². The molecular weight excluding hydrogens is 384 g/mol. The predicted octanol–water partition coefficient (Wildman–Crippen LogP) is 0.589. The van der Waals surface area contributed by atoms with Crippen molar-refractivity contribution in [1.82, 2.24) is 25.4 Å². The van der Waals surface area contributed by atoms with E-state index in [1.807, 2.05) is 18.2 Å². The fraction of sp³-hybridized carbons (Fsp3) is 0.476. The number of hydrogen-bond acceptors (Lipinski definition) is 6. The zero-order valence-electron chi connectivity index (χ0n) is 16.7.